The van der Waals surface area contributed by atoms with Gasteiger partial charge < -0.3 is 21.5 Å². The van der Waals surface area contributed by atoms with Gasteiger partial charge >= 0.3 is 12.0 Å². The number of carboxylic acids is 1. The number of unbranched alkanes of at least 4 members (excludes halogenated alkanes) is 5. The van der Waals surface area contributed by atoms with Gasteiger partial charge in [-0.05, 0) is 6.42 Å². The molecule has 116 valence electrons. The largest absolute Gasteiger partial charge is 0.480 e. The molecule has 0 aromatic rings. The van der Waals surface area contributed by atoms with E-state index in [0.717, 1.165) is 19.3 Å². The Morgan fingerprint density at radius 2 is 1.70 bits per heavy atom. The molecule has 0 rings (SSSR count). The lowest BCUT2D eigenvalue weighted by atomic mass is 10.1. The summed E-state index contributed by atoms with van der Waals surface area (Å²) in [6, 6.07) is -1.87. The summed E-state index contributed by atoms with van der Waals surface area (Å²) in [4.78, 5) is 32.9. The van der Waals surface area contributed by atoms with Gasteiger partial charge in [-0.2, -0.15) is 0 Å². The van der Waals surface area contributed by atoms with Crippen LogP contribution in [-0.2, 0) is 9.59 Å². The standard InChI is InChI=1S/C13H25N3O4/c1-2-3-4-5-6-7-8-15-13(20)16-10(12(18)19)9-11(14)17/h10H,2-9H2,1H3,(H2,14,17)(H,18,19)(H2,15,16,20)/t10-/m1/s1. The number of aliphatic carboxylic acids is 1. The van der Waals surface area contributed by atoms with Crippen LogP contribution in [0.2, 0.25) is 0 Å². The number of carbonyl (C=O) groups excluding carboxylic acids is 2. The van der Waals surface area contributed by atoms with Gasteiger partial charge in [0, 0.05) is 6.54 Å². The van der Waals surface area contributed by atoms with Crippen molar-refractivity contribution in [3.8, 4) is 0 Å². The molecule has 0 aromatic heterocycles. The third kappa shape index (κ3) is 10.2. The fourth-order valence-electron chi connectivity index (χ4n) is 1.72. The molecule has 0 fully saturated rings. The predicted molar refractivity (Wildman–Crippen MR) is 75.1 cm³/mol. The normalized spacial score (nSPS) is 11.7. The molecule has 3 amide bonds. The number of primary amides is 1. The van der Waals surface area contributed by atoms with E-state index in [4.69, 9.17) is 10.8 Å². The Labute approximate surface area is 119 Å². The summed E-state index contributed by atoms with van der Waals surface area (Å²) in [6.07, 6.45) is 6.21. The van der Waals surface area contributed by atoms with Crippen molar-refractivity contribution in [3.05, 3.63) is 0 Å². The first-order valence-electron chi connectivity index (χ1n) is 7.02. The van der Waals surface area contributed by atoms with Crippen LogP contribution in [0, 0.1) is 0 Å². The van der Waals surface area contributed by atoms with Gasteiger partial charge in [0.15, 0.2) is 0 Å². The minimum atomic E-state index is -1.28. The van der Waals surface area contributed by atoms with Crippen LogP contribution in [0.3, 0.4) is 0 Å². The third-order valence-electron chi connectivity index (χ3n) is 2.82. The molecule has 0 unspecified atom stereocenters. The summed E-state index contributed by atoms with van der Waals surface area (Å²) in [5, 5.41) is 13.6. The Bertz CT molecular complexity index is 321. The molecular weight excluding hydrogens is 262 g/mol. The molecule has 1 atom stereocenters. The first-order chi connectivity index (χ1) is 9.47. The van der Waals surface area contributed by atoms with E-state index in [9.17, 15) is 14.4 Å². The maximum absolute atomic E-state index is 11.4. The minimum Gasteiger partial charge on any atom is -0.480 e. The molecule has 7 nitrogen and oxygen atoms in total. The second-order valence-corrected chi connectivity index (χ2v) is 4.73. The number of rotatable bonds is 11. The van der Waals surface area contributed by atoms with Crippen LogP contribution >= 0.6 is 0 Å². The van der Waals surface area contributed by atoms with Gasteiger partial charge in [0.25, 0.3) is 0 Å². The molecule has 20 heavy (non-hydrogen) atoms. The maximum atomic E-state index is 11.4. The Balaban J connectivity index is 3.75. The molecule has 7 heteroatoms. The molecule has 0 heterocycles. The summed E-state index contributed by atoms with van der Waals surface area (Å²) in [7, 11) is 0. The van der Waals surface area contributed by atoms with Crippen LogP contribution in [0.1, 0.15) is 51.9 Å². The number of hydrogen-bond donors (Lipinski definition) is 4. The third-order valence-corrected chi connectivity index (χ3v) is 2.82. The molecule has 0 aromatic carbocycles. The van der Waals surface area contributed by atoms with E-state index >= 15 is 0 Å². The zero-order chi connectivity index (χ0) is 15.4. The average Bonchev–Trinajstić information content (AvgIpc) is 2.36. The molecule has 0 aliphatic carbocycles. The minimum absolute atomic E-state index is 0.417. The van der Waals surface area contributed by atoms with E-state index in [2.05, 4.69) is 17.6 Å². The maximum Gasteiger partial charge on any atom is 0.326 e. The van der Waals surface area contributed by atoms with Crippen LogP contribution in [0.25, 0.3) is 0 Å². The average molecular weight is 287 g/mol. The number of nitrogens with one attached hydrogen (secondary N) is 2. The molecule has 0 radical (unpaired) electrons. The molecule has 5 N–H and O–H groups in total. The number of amides is 3. The highest BCUT2D eigenvalue weighted by Gasteiger charge is 2.21. The topological polar surface area (TPSA) is 122 Å². The van der Waals surface area contributed by atoms with Crippen molar-refractivity contribution in [1.82, 2.24) is 10.6 Å². The number of carbonyl (C=O) groups is 3. The second-order valence-electron chi connectivity index (χ2n) is 4.73. The summed E-state index contributed by atoms with van der Waals surface area (Å²) in [5.41, 5.74) is 4.91. The quantitative estimate of drug-likeness (QED) is 0.423. The van der Waals surface area contributed by atoms with Gasteiger partial charge in [-0.25, -0.2) is 9.59 Å². The van der Waals surface area contributed by atoms with Crippen LogP contribution in [0.15, 0.2) is 0 Å². The summed E-state index contributed by atoms with van der Waals surface area (Å²) >= 11 is 0. The number of urea groups is 1. The molecule has 0 spiro atoms. The van der Waals surface area contributed by atoms with Gasteiger partial charge in [-0.1, -0.05) is 39.0 Å². The van der Waals surface area contributed by atoms with Gasteiger partial charge in [0.2, 0.25) is 5.91 Å². The number of carboxylic acid groups (broad SMARTS) is 1. The summed E-state index contributed by atoms with van der Waals surface area (Å²) in [5.74, 6) is -2.05. The molecule has 0 saturated heterocycles. The Hall–Kier alpha value is -1.79. The Morgan fingerprint density at radius 1 is 1.10 bits per heavy atom. The molecule has 0 saturated carbocycles. The first-order valence-corrected chi connectivity index (χ1v) is 7.02. The lowest BCUT2D eigenvalue weighted by molar-refractivity contribution is -0.140. The van der Waals surface area contributed by atoms with Gasteiger partial charge in [0.05, 0.1) is 6.42 Å². The lowest BCUT2D eigenvalue weighted by Crippen LogP contribution is -2.47. The van der Waals surface area contributed by atoms with E-state index in [1.807, 2.05) is 0 Å². The molecule has 0 aliphatic rings. The monoisotopic (exact) mass is 287 g/mol. The van der Waals surface area contributed by atoms with Crippen LogP contribution in [0.4, 0.5) is 4.79 Å². The molecule has 0 aliphatic heterocycles. The van der Waals surface area contributed by atoms with Crippen molar-refractivity contribution >= 4 is 17.9 Å². The van der Waals surface area contributed by atoms with Crippen molar-refractivity contribution in [3.63, 3.8) is 0 Å². The number of nitrogens with two attached hydrogens (primary N) is 1. The van der Waals surface area contributed by atoms with Gasteiger partial charge in [-0.15, -0.1) is 0 Å². The fourth-order valence-corrected chi connectivity index (χ4v) is 1.72. The summed E-state index contributed by atoms with van der Waals surface area (Å²) in [6.45, 7) is 2.64. The highest BCUT2D eigenvalue weighted by molar-refractivity contribution is 5.87. The number of hydrogen-bond acceptors (Lipinski definition) is 3. The Kier molecular flexibility index (Phi) is 10.1. The molecule has 0 bridgehead atoms. The van der Waals surface area contributed by atoms with Crippen molar-refractivity contribution in [1.29, 1.82) is 0 Å². The lowest BCUT2D eigenvalue weighted by Gasteiger charge is -2.13. The van der Waals surface area contributed by atoms with Crippen LogP contribution in [-0.4, -0.2) is 35.6 Å². The van der Waals surface area contributed by atoms with E-state index in [1.54, 1.807) is 0 Å². The van der Waals surface area contributed by atoms with Crippen LogP contribution in [0.5, 0.6) is 0 Å². The SMILES string of the molecule is CCCCCCCCNC(=O)N[C@H](CC(N)=O)C(=O)O. The highest BCUT2D eigenvalue weighted by Crippen LogP contribution is 2.04. The van der Waals surface area contributed by atoms with E-state index in [1.165, 1.54) is 19.3 Å². The first kappa shape index (κ1) is 18.2. The predicted octanol–water partition coefficient (Wildman–Crippen LogP) is 0.975. The highest BCUT2D eigenvalue weighted by atomic mass is 16.4. The van der Waals surface area contributed by atoms with E-state index < -0.39 is 30.4 Å². The van der Waals surface area contributed by atoms with Crippen molar-refractivity contribution in [2.24, 2.45) is 5.73 Å². The fraction of sp³-hybridized carbons (Fsp3) is 0.769. The van der Waals surface area contributed by atoms with Crippen molar-refractivity contribution in [2.45, 2.75) is 57.9 Å². The molecular formula is C13H25N3O4. The zero-order valence-electron chi connectivity index (χ0n) is 12.0. The smallest absolute Gasteiger partial charge is 0.326 e. The van der Waals surface area contributed by atoms with E-state index in [-0.39, 0.29) is 0 Å². The second kappa shape index (κ2) is 11.1. The van der Waals surface area contributed by atoms with E-state index in [0.29, 0.717) is 6.54 Å². The van der Waals surface area contributed by atoms with Gasteiger partial charge in [-0.3, -0.25) is 4.79 Å². The van der Waals surface area contributed by atoms with Crippen molar-refractivity contribution in [2.75, 3.05) is 6.54 Å². The zero-order valence-corrected chi connectivity index (χ0v) is 12.0. The van der Waals surface area contributed by atoms with Crippen molar-refractivity contribution < 1.29 is 19.5 Å². The summed E-state index contributed by atoms with van der Waals surface area (Å²) < 4.78 is 0. The van der Waals surface area contributed by atoms with Gasteiger partial charge in [0.1, 0.15) is 6.04 Å². The Morgan fingerprint density at radius 3 is 2.25 bits per heavy atom. The van der Waals surface area contributed by atoms with Crippen LogP contribution < -0.4 is 16.4 Å².